The Labute approximate surface area is 137 Å². The van der Waals surface area contributed by atoms with Crippen LogP contribution >= 0.6 is 15.9 Å². The molecule has 1 aliphatic heterocycles. The Morgan fingerprint density at radius 2 is 2.10 bits per heavy atom. The topological polar surface area (TPSA) is 38.5 Å². The predicted molar refractivity (Wildman–Crippen MR) is 91.6 cm³/mol. The number of nitrogens with zero attached hydrogens (tertiary/aromatic N) is 1. The van der Waals surface area contributed by atoms with Gasteiger partial charge >= 0.3 is 0 Å². The van der Waals surface area contributed by atoms with Crippen LogP contribution in [0.2, 0.25) is 0 Å². The van der Waals surface area contributed by atoms with Gasteiger partial charge in [-0.1, -0.05) is 19.9 Å². The number of nitrogens with two attached hydrogens (primary N) is 1. The molecule has 1 heterocycles. The minimum atomic E-state index is 0.271. The third kappa shape index (κ3) is 3.61. The van der Waals surface area contributed by atoms with Crippen molar-refractivity contribution >= 4 is 15.9 Å². The van der Waals surface area contributed by atoms with Gasteiger partial charge in [-0.2, -0.15) is 0 Å². The second-order valence-corrected chi connectivity index (χ2v) is 7.26. The van der Waals surface area contributed by atoms with E-state index in [9.17, 15) is 0 Å². The van der Waals surface area contributed by atoms with Gasteiger partial charge < -0.3 is 10.5 Å². The molecule has 0 bridgehead atoms. The van der Waals surface area contributed by atoms with Gasteiger partial charge in [0, 0.05) is 25.2 Å². The molecule has 0 saturated carbocycles. The monoisotopic (exact) mass is 354 g/mol. The van der Waals surface area contributed by atoms with Crippen molar-refractivity contribution in [2.45, 2.75) is 39.3 Å². The Morgan fingerprint density at radius 1 is 1.38 bits per heavy atom. The molecule has 4 heteroatoms. The highest BCUT2D eigenvalue weighted by Gasteiger charge is 2.33. The summed E-state index contributed by atoms with van der Waals surface area (Å²) >= 11 is 3.58. The van der Waals surface area contributed by atoms with E-state index in [1.807, 2.05) is 6.07 Å². The number of ether oxygens (including phenoxy) is 1. The van der Waals surface area contributed by atoms with Gasteiger partial charge in [-0.3, -0.25) is 4.90 Å². The lowest BCUT2D eigenvalue weighted by Crippen LogP contribution is -2.49. The van der Waals surface area contributed by atoms with E-state index in [-0.39, 0.29) is 6.04 Å². The van der Waals surface area contributed by atoms with E-state index >= 15 is 0 Å². The molecule has 1 saturated heterocycles. The zero-order valence-corrected chi connectivity index (χ0v) is 15.1. The fraction of sp³-hybridized carbons (Fsp3) is 0.647. The van der Waals surface area contributed by atoms with Crippen LogP contribution in [-0.2, 0) is 0 Å². The Kier molecular flexibility index (Phi) is 5.69. The van der Waals surface area contributed by atoms with Crippen LogP contribution in [0.3, 0.4) is 0 Å². The predicted octanol–water partition coefficient (Wildman–Crippen LogP) is 3.82. The maximum atomic E-state index is 6.12. The van der Waals surface area contributed by atoms with Crippen LogP contribution in [0, 0.1) is 11.8 Å². The summed E-state index contributed by atoms with van der Waals surface area (Å²) in [5, 5.41) is 0. The first-order chi connectivity index (χ1) is 9.97. The number of halogens is 1. The van der Waals surface area contributed by atoms with E-state index in [2.05, 4.69) is 53.7 Å². The van der Waals surface area contributed by atoms with Crippen molar-refractivity contribution < 1.29 is 4.74 Å². The highest BCUT2D eigenvalue weighted by molar-refractivity contribution is 9.10. The number of benzene rings is 1. The quantitative estimate of drug-likeness (QED) is 0.892. The minimum Gasteiger partial charge on any atom is -0.496 e. The summed E-state index contributed by atoms with van der Waals surface area (Å²) < 4.78 is 6.31. The first-order valence-corrected chi connectivity index (χ1v) is 8.56. The molecule has 1 aromatic rings. The summed E-state index contributed by atoms with van der Waals surface area (Å²) in [5.41, 5.74) is 7.38. The molecule has 0 amide bonds. The van der Waals surface area contributed by atoms with E-state index in [1.54, 1.807) is 7.11 Å². The molecule has 2 rings (SSSR count). The van der Waals surface area contributed by atoms with Crippen LogP contribution in [0.15, 0.2) is 22.7 Å². The van der Waals surface area contributed by atoms with Crippen LogP contribution < -0.4 is 10.5 Å². The largest absolute Gasteiger partial charge is 0.496 e. The molecule has 21 heavy (non-hydrogen) atoms. The standard InChI is InChI=1S/C17H27BrN2O/c1-11-7-12(2)13(3)20(10-11)16(9-19)14-5-6-17(21-4)15(18)8-14/h5-6,8,11-13,16H,7,9-10,19H2,1-4H3. The highest BCUT2D eigenvalue weighted by atomic mass is 79.9. The first-order valence-electron chi connectivity index (χ1n) is 7.77. The number of likely N-dealkylation sites (tertiary alicyclic amines) is 1. The van der Waals surface area contributed by atoms with Crippen molar-refractivity contribution in [2.75, 3.05) is 20.2 Å². The fourth-order valence-corrected chi connectivity index (χ4v) is 4.08. The maximum absolute atomic E-state index is 6.12. The third-order valence-electron chi connectivity index (χ3n) is 4.83. The smallest absolute Gasteiger partial charge is 0.133 e. The molecular formula is C17H27BrN2O. The van der Waals surface area contributed by atoms with Gasteiger partial charge in [-0.15, -0.1) is 0 Å². The normalized spacial score (nSPS) is 28.4. The van der Waals surface area contributed by atoms with E-state index < -0.39 is 0 Å². The van der Waals surface area contributed by atoms with Crippen molar-refractivity contribution in [3.63, 3.8) is 0 Å². The van der Waals surface area contributed by atoms with Crippen molar-refractivity contribution in [1.82, 2.24) is 4.90 Å². The zero-order valence-electron chi connectivity index (χ0n) is 13.5. The summed E-state index contributed by atoms with van der Waals surface area (Å²) in [6.07, 6.45) is 1.31. The van der Waals surface area contributed by atoms with E-state index in [0.29, 0.717) is 18.5 Å². The summed E-state index contributed by atoms with van der Waals surface area (Å²) in [6, 6.07) is 7.14. The molecular weight excluding hydrogens is 328 g/mol. The van der Waals surface area contributed by atoms with Gasteiger partial charge in [-0.05, 0) is 58.8 Å². The van der Waals surface area contributed by atoms with Crippen LogP contribution in [0.5, 0.6) is 5.75 Å². The lowest BCUT2D eigenvalue weighted by molar-refractivity contribution is 0.0424. The van der Waals surface area contributed by atoms with Crippen molar-refractivity contribution in [3.8, 4) is 5.75 Å². The Balaban J connectivity index is 2.28. The molecule has 4 atom stereocenters. The summed E-state index contributed by atoms with van der Waals surface area (Å²) in [5.74, 6) is 2.30. The molecule has 0 aliphatic carbocycles. The lowest BCUT2D eigenvalue weighted by Gasteiger charge is -2.45. The number of piperidine rings is 1. The third-order valence-corrected chi connectivity index (χ3v) is 5.45. The second-order valence-electron chi connectivity index (χ2n) is 6.40. The average molecular weight is 355 g/mol. The van der Waals surface area contributed by atoms with Gasteiger partial charge in [0.1, 0.15) is 5.75 Å². The fourth-order valence-electron chi connectivity index (χ4n) is 3.52. The van der Waals surface area contributed by atoms with Gasteiger partial charge in [0.05, 0.1) is 11.6 Å². The minimum absolute atomic E-state index is 0.271. The van der Waals surface area contributed by atoms with E-state index in [4.69, 9.17) is 10.5 Å². The van der Waals surface area contributed by atoms with Gasteiger partial charge in [0.25, 0.3) is 0 Å². The summed E-state index contributed by atoms with van der Waals surface area (Å²) in [6.45, 7) is 8.79. The van der Waals surface area contributed by atoms with Gasteiger partial charge in [-0.25, -0.2) is 0 Å². The summed E-state index contributed by atoms with van der Waals surface area (Å²) in [7, 11) is 1.69. The van der Waals surface area contributed by atoms with Crippen LogP contribution in [0.25, 0.3) is 0 Å². The molecule has 2 N–H and O–H groups in total. The van der Waals surface area contributed by atoms with Crippen LogP contribution in [-0.4, -0.2) is 31.1 Å². The summed E-state index contributed by atoms with van der Waals surface area (Å²) in [4.78, 5) is 2.58. The number of hydrogen-bond acceptors (Lipinski definition) is 3. The van der Waals surface area contributed by atoms with Crippen LogP contribution in [0.1, 0.15) is 38.8 Å². The maximum Gasteiger partial charge on any atom is 0.133 e. The molecule has 0 aromatic heterocycles. The molecule has 0 spiro atoms. The highest BCUT2D eigenvalue weighted by Crippen LogP contribution is 2.35. The number of methoxy groups -OCH3 is 1. The van der Waals surface area contributed by atoms with Crippen molar-refractivity contribution in [2.24, 2.45) is 17.6 Å². The molecule has 3 nitrogen and oxygen atoms in total. The van der Waals surface area contributed by atoms with E-state index in [1.165, 1.54) is 12.0 Å². The first kappa shape index (κ1) is 16.8. The van der Waals surface area contributed by atoms with Crippen molar-refractivity contribution in [1.29, 1.82) is 0 Å². The zero-order chi connectivity index (χ0) is 15.6. The Hall–Kier alpha value is -0.580. The molecule has 1 aliphatic rings. The molecule has 118 valence electrons. The molecule has 4 unspecified atom stereocenters. The van der Waals surface area contributed by atoms with Gasteiger partial charge in [0.15, 0.2) is 0 Å². The van der Waals surface area contributed by atoms with Gasteiger partial charge in [0.2, 0.25) is 0 Å². The molecule has 1 aromatic carbocycles. The number of hydrogen-bond donors (Lipinski definition) is 1. The van der Waals surface area contributed by atoms with Crippen molar-refractivity contribution in [3.05, 3.63) is 28.2 Å². The lowest BCUT2D eigenvalue weighted by atomic mass is 9.84. The molecule has 1 fully saturated rings. The average Bonchev–Trinajstić information content (AvgIpc) is 2.45. The Bertz CT molecular complexity index is 480. The van der Waals surface area contributed by atoms with Crippen LogP contribution in [0.4, 0.5) is 0 Å². The molecule has 0 radical (unpaired) electrons. The Morgan fingerprint density at radius 3 is 2.67 bits per heavy atom. The SMILES string of the molecule is COc1ccc(C(CN)N2CC(C)CC(C)C2C)cc1Br. The number of rotatable bonds is 4. The second kappa shape index (κ2) is 7.12. The van der Waals surface area contributed by atoms with E-state index in [0.717, 1.165) is 22.7 Å².